The van der Waals surface area contributed by atoms with Crippen LogP contribution in [0.3, 0.4) is 0 Å². The Morgan fingerprint density at radius 2 is 2.00 bits per heavy atom. The highest BCUT2D eigenvalue weighted by Crippen LogP contribution is 2.22. The summed E-state index contributed by atoms with van der Waals surface area (Å²) in [5, 5.41) is 2.98. The molecule has 1 aliphatic rings. The van der Waals surface area contributed by atoms with Gasteiger partial charge in [0.25, 0.3) is 11.8 Å². The molecule has 0 fully saturated rings. The normalized spacial score (nSPS) is 14.3. The number of carbonyl (C=O) groups excluding carboxylic acids is 2. The summed E-state index contributed by atoms with van der Waals surface area (Å²) in [6, 6.07) is 9.95. The third kappa shape index (κ3) is 4.21. The molecule has 1 aromatic carbocycles. The molecule has 144 valence electrons. The highest BCUT2D eigenvalue weighted by atomic mass is 16.2. The van der Waals surface area contributed by atoms with E-state index in [4.69, 9.17) is 0 Å². The average molecular weight is 368 g/mol. The van der Waals surface area contributed by atoms with Crippen molar-refractivity contribution in [2.75, 3.05) is 7.05 Å². The Labute approximate surface area is 160 Å². The number of imidazole rings is 1. The number of benzene rings is 1. The summed E-state index contributed by atoms with van der Waals surface area (Å²) < 4.78 is 1.94. The second-order valence-corrected chi connectivity index (χ2v) is 7.27. The summed E-state index contributed by atoms with van der Waals surface area (Å²) >= 11 is 0. The van der Waals surface area contributed by atoms with Gasteiger partial charge in [-0.05, 0) is 38.2 Å². The fourth-order valence-corrected chi connectivity index (χ4v) is 3.38. The van der Waals surface area contributed by atoms with Crippen LogP contribution in [0.4, 0.5) is 0 Å². The van der Waals surface area contributed by atoms with Gasteiger partial charge in [-0.2, -0.15) is 0 Å². The van der Waals surface area contributed by atoms with Crippen molar-refractivity contribution < 1.29 is 9.59 Å². The monoisotopic (exact) mass is 368 g/mol. The summed E-state index contributed by atoms with van der Waals surface area (Å²) in [4.78, 5) is 31.9. The molecule has 1 unspecified atom stereocenters. The smallest absolute Gasteiger partial charge is 0.289 e. The Morgan fingerprint density at radius 1 is 1.26 bits per heavy atom. The van der Waals surface area contributed by atoms with E-state index in [9.17, 15) is 9.59 Å². The molecular weight excluding hydrogens is 340 g/mol. The van der Waals surface area contributed by atoms with Gasteiger partial charge in [-0.1, -0.05) is 37.3 Å². The Hall–Kier alpha value is -2.63. The molecule has 0 radical (unpaired) electrons. The zero-order valence-electron chi connectivity index (χ0n) is 16.4. The summed E-state index contributed by atoms with van der Waals surface area (Å²) in [7, 11) is 1.78. The molecule has 2 amide bonds. The predicted molar refractivity (Wildman–Crippen MR) is 105 cm³/mol. The van der Waals surface area contributed by atoms with Gasteiger partial charge >= 0.3 is 0 Å². The van der Waals surface area contributed by atoms with E-state index < -0.39 is 0 Å². The molecular formula is C21H28N4O2. The van der Waals surface area contributed by atoms with Crippen LogP contribution in [0.5, 0.6) is 0 Å². The molecule has 0 spiro atoms. The lowest BCUT2D eigenvalue weighted by molar-refractivity contribution is 0.0766. The van der Waals surface area contributed by atoms with Gasteiger partial charge in [0.05, 0.1) is 5.69 Å². The number of hydrogen-bond acceptors (Lipinski definition) is 3. The second-order valence-electron chi connectivity index (χ2n) is 7.27. The van der Waals surface area contributed by atoms with Crippen molar-refractivity contribution >= 4 is 11.8 Å². The largest absolute Gasteiger partial charge is 0.348 e. The van der Waals surface area contributed by atoms with Crippen LogP contribution in [0.25, 0.3) is 0 Å². The van der Waals surface area contributed by atoms with Gasteiger partial charge in [0.15, 0.2) is 5.82 Å². The molecule has 3 rings (SSSR count). The highest BCUT2D eigenvalue weighted by Gasteiger charge is 2.29. The van der Waals surface area contributed by atoms with Crippen molar-refractivity contribution in [2.24, 2.45) is 0 Å². The first kappa shape index (κ1) is 19.1. The van der Waals surface area contributed by atoms with E-state index in [1.54, 1.807) is 11.9 Å². The molecule has 2 aromatic rings. The fourth-order valence-electron chi connectivity index (χ4n) is 3.38. The number of rotatable bonds is 6. The quantitative estimate of drug-likeness (QED) is 0.852. The number of aromatic nitrogens is 2. The van der Waals surface area contributed by atoms with Crippen molar-refractivity contribution in [2.45, 2.75) is 58.7 Å². The second kappa shape index (κ2) is 8.37. The molecule has 0 aliphatic carbocycles. The van der Waals surface area contributed by atoms with Gasteiger partial charge in [0.2, 0.25) is 0 Å². The van der Waals surface area contributed by atoms with Crippen molar-refractivity contribution in [1.82, 2.24) is 19.8 Å². The molecule has 6 nitrogen and oxygen atoms in total. The Morgan fingerprint density at radius 3 is 2.70 bits per heavy atom. The van der Waals surface area contributed by atoms with Crippen molar-refractivity contribution in [3.8, 4) is 0 Å². The first-order chi connectivity index (χ1) is 13.0. The molecule has 1 N–H and O–H groups in total. The standard InChI is InChI=1S/C21H28N4O2/c1-4-15(2)22-20(26)18-17-12-8-9-13-25(17)19(23-18)21(27)24(3)14-16-10-6-5-7-11-16/h5-7,10-11,15H,4,8-9,12-14H2,1-3H3,(H,22,26). The van der Waals surface area contributed by atoms with Crippen LogP contribution in [0.15, 0.2) is 30.3 Å². The topological polar surface area (TPSA) is 67.2 Å². The number of nitrogens with one attached hydrogen (secondary N) is 1. The molecule has 1 aromatic heterocycles. The summed E-state index contributed by atoms with van der Waals surface area (Å²) in [5.74, 6) is 0.0433. The van der Waals surface area contributed by atoms with E-state index in [1.165, 1.54) is 0 Å². The molecule has 0 bridgehead atoms. The summed E-state index contributed by atoms with van der Waals surface area (Å²) in [6.07, 6.45) is 3.65. The third-order valence-electron chi connectivity index (χ3n) is 5.12. The van der Waals surface area contributed by atoms with Crippen molar-refractivity contribution in [3.05, 3.63) is 53.1 Å². The minimum absolute atomic E-state index is 0.0818. The summed E-state index contributed by atoms with van der Waals surface area (Å²) in [6.45, 7) is 5.25. The van der Waals surface area contributed by atoms with Gasteiger partial charge in [-0.25, -0.2) is 4.98 Å². The number of nitrogens with zero attached hydrogens (tertiary/aromatic N) is 3. The van der Waals surface area contributed by atoms with Crippen LogP contribution in [0.1, 0.15) is 65.5 Å². The number of amides is 2. The van der Waals surface area contributed by atoms with E-state index >= 15 is 0 Å². The van der Waals surface area contributed by atoms with Crippen LogP contribution < -0.4 is 5.32 Å². The molecule has 0 saturated heterocycles. The number of carbonyl (C=O) groups is 2. The van der Waals surface area contributed by atoms with Crippen LogP contribution in [-0.4, -0.2) is 39.4 Å². The minimum atomic E-state index is -0.181. The molecule has 0 saturated carbocycles. The lowest BCUT2D eigenvalue weighted by Gasteiger charge is -2.20. The van der Waals surface area contributed by atoms with E-state index in [1.807, 2.05) is 48.7 Å². The molecule has 1 atom stereocenters. The lowest BCUT2D eigenvalue weighted by atomic mass is 10.1. The van der Waals surface area contributed by atoms with E-state index in [-0.39, 0.29) is 17.9 Å². The predicted octanol–water partition coefficient (Wildman–Crippen LogP) is 3.02. The Kier molecular flexibility index (Phi) is 5.94. The molecule has 1 aliphatic heterocycles. The zero-order chi connectivity index (χ0) is 19.4. The summed E-state index contributed by atoms with van der Waals surface area (Å²) in [5.41, 5.74) is 2.36. The van der Waals surface area contributed by atoms with E-state index in [2.05, 4.69) is 10.3 Å². The van der Waals surface area contributed by atoms with Gasteiger partial charge in [-0.15, -0.1) is 0 Å². The highest BCUT2D eigenvalue weighted by molar-refractivity contribution is 5.97. The molecule has 27 heavy (non-hydrogen) atoms. The maximum atomic E-state index is 13.0. The Bertz CT molecular complexity index is 813. The van der Waals surface area contributed by atoms with Gasteiger partial charge in [0, 0.05) is 26.2 Å². The molecule has 6 heteroatoms. The SMILES string of the molecule is CCC(C)NC(=O)c1nc(C(=O)N(C)Cc2ccccc2)n2c1CCCC2. The van der Waals surface area contributed by atoms with E-state index in [0.717, 1.165) is 43.5 Å². The number of hydrogen-bond donors (Lipinski definition) is 1. The lowest BCUT2D eigenvalue weighted by Crippen LogP contribution is -2.33. The van der Waals surface area contributed by atoms with E-state index in [0.29, 0.717) is 18.1 Å². The first-order valence-electron chi connectivity index (χ1n) is 9.71. The minimum Gasteiger partial charge on any atom is -0.348 e. The van der Waals surface area contributed by atoms with Crippen LogP contribution in [-0.2, 0) is 19.5 Å². The molecule has 2 heterocycles. The zero-order valence-corrected chi connectivity index (χ0v) is 16.4. The Balaban J connectivity index is 1.86. The van der Waals surface area contributed by atoms with Crippen molar-refractivity contribution in [3.63, 3.8) is 0 Å². The van der Waals surface area contributed by atoms with Crippen molar-refractivity contribution in [1.29, 1.82) is 0 Å². The third-order valence-corrected chi connectivity index (χ3v) is 5.12. The van der Waals surface area contributed by atoms with Crippen LogP contribution in [0, 0.1) is 0 Å². The van der Waals surface area contributed by atoms with Crippen LogP contribution in [0.2, 0.25) is 0 Å². The first-order valence-corrected chi connectivity index (χ1v) is 9.71. The van der Waals surface area contributed by atoms with Gasteiger partial charge in [0.1, 0.15) is 5.69 Å². The van der Waals surface area contributed by atoms with Gasteiger partial charge < -0.3 is 14.8 Å². The number of fused-ring (bicyclic) bond motifs is 1. The maximum absolute atomic E-state index is 13.0. The van der Waals surface area contributed by atoms with Gasteiger partial charge in [-0.3, -0.25) is 9.59 Å². The maximum Gasteiger partial charge on any atom is 0.289 e. The van der Waals surface area contributed by atoms with Crippen LogP contribution >= 0.6 is 0 Å². The fraction of sp³-hybridized carbons (Fsp3) is 0.476. The average Bonchev–Trinajstić information content (AvgIpc) is 3.07.